The van der Waals surface area contributed by atoms with Gasteiger partial charge in [0.15, 0.2) is 6.29 Å². The van der Waals surface area contributed by atoms with Gasteiger partial charge in [-0.2, -0.15) is 0 Å². The molecule has 2 N–H and O–H groups in total. The van der Waals surface area contributed by atoms with Gasteiger partial charge in [0.2, 0.25) is 0 Å². The number of halogens is 1. The van der Waals surface area contributed by atoms with Crippen molar-refractivity contribution in [1.82, 2.24) is 0 Å². The van der Waals surface area contributed by atoms with Crippen molar-refractivity contribution in [1.29, 1.82) is 0 Å². The Morgan fingerprint density at radius 1 is 1.58 bits per heavy atom. The van der Waals surface area contributed by atoms with Crippen LogP contribution in [0.15, 0.2) is 12.1 Å². The summed E-state index contributed by atoms with van der Waals surface area (Å²) in [5.74, 6) is 0.545. The van der Waals surface area contributed by atoms with Crippen LogP contribution in [0.3, 0.4) is 0 Å². The lowest BCUT2D eigenvalue weighted by Crippen LogP contribution is -1.98. The van der Waals surface area contributed by atoms with Gasteiger partial charge in [-0.1, -0.05) is 0 Å². The molecule has 0 atom stereocenters. The minimum atomic E-state index is 0.396. The number of hydrogen-bond acceptors (Lipinski definition) is 3. The molecule has 64 valence electrons. The van der Waals surface area contributed by atoms with Crippen LogP contribution < -0.4 is 10.5 Å². The lowest BCUT2D eigenvalue weighted by atomic mass is 10.2. The van der Waals surface area contributed by atoms with E-state index in [0.717, 1.165) is 9.86 Å². The number of nitrogens with two attached hydrogens (primary N) is 1. The zero-order chi connectivity index (χ0) is 9.14. The van der Waals surface area contributed by atoms with Crippen LogP contribution in [0.25, 0.3) is 0 Å². The average molecular weight is 277 g/mol. The highest BCUT2D eigenvalue weighted by Crippen LogP contribution is 2.26. The predicted molar refractivity (Wildman–Crippen MR) is 55.5 cm³/mol. The third kappa shape index (κ3) is 1.69. The predicted octanol–water partition coefficient (Wildman–Crippen LogP) is 1.69. The third-order valence-electron chi connectivity index (χ3n) is 1.49. The van der Waals surface area contributed by atoms with E-state index in [1.54, 1.807) is 12.1 Å². The number of rotatable bonds is 2. The molecule has 0 spiro atoms. The topological polar surface area (TPSA) is 52.3 Å². The van der Waals surface area contributed by atoms with E-state index in [9.17, 15) is 4.79 Å². The van der Waals surface area contributed by atoms with Crippen LogP contribution in [0.1, 0.15) is 10.4 Å². The van der Waals surface area contributed by atoms with Gasteiger partial charge in [-0.3, -0.25) is 4.79 Å². The minimum absolute atomic E-state index is 0.396. The van der Waals surface area contributed by atoms with Gasteiger partial charge in [-0.25, -0.2) is 0 Å². The molecule has 1 rings (SSSR count). The zero-order valence-corrected chi connectivity index (χ0v) is 8.66. The van der Waals surface area contributed by atoms with Crippen molar-refractivity contribution in [2.75, 3.05) is 12.8 Å². The molecule has 0 amide bonds. The molecule has 0 aliphatic heterocycles. The van der Waals surface area contributed by atoms with E-state index < -0.39 is 0 Å². The molecule has 0 radical (unpaired) electrons. The molecule has 3 nitrogen and oxygen atoms in total. The number of aldehydes is 1. The van der Waals surface area contributed by atoms with Gasteiger partial charge in [-0.15, -0.1) is 0 Å². The normalized spacial score (nSPS) is 9.50. The summed E-state index contributed by atoms with van der Waals surface area (Å²) in [6, 6.07) is 3.49. The Kier molecular flexibility index (Phi) is 2.91. The van der Waals surface area contributed by atoms with E-state index in [0.29, 0.717) is 17.0 Å². The number of carbonyl (C=O) groups is 1. The molecular weight excluding hydrogens is 269 g/mol. The Hall–Kier alpha value is -0.780. The Balaban J connectivity index is 3.31. The van der Waals surface area contributed by atoms with Gasteiger partial charge in [0.1, 0.15) is 5.75 Å². The van der Waals surface area contributed by atoms with Gasteiger partial charge < -0.3 is 10.5 Å². The second-order valence-corrected chi connectivity index (χ2v) is 3.47. The fraction of sp³-hybridized carbons (Fsp3) is 0.125. The van der Waals surface area contributed by atoms with E-state index in [1.807, 2.05) is 0 Å². The van der Waals surface area contributed by atoms with Crippen LogP contribution in [-0.2, 0) is 0 Å². The highest BCUT2D eigenvalue weighted by molar-refractivity contribution is 14.1. The minimum Gasteiger partial charge on any atom is -0.495 e. The van der Waals surface area contributed by atoms with Crippen molar-refractivity contribution in [2.24, 2.45) is 0 Å². The van der Waals surface area contributed by atoms with Gasteiger partial charge in [0.25, 0.3) is 0 Å². The molecule has 0 bridgehead atoms. The molecule has 0 unspecified atom stereocenters. The molecule has 4 heteroatoms. The fourth-order valence-corrected chi connectivity index (χ4v) is 1.50. The molecule has 12 heavy (non-hydrogen) atoms. The molecule has 0 aliphatic rings. The summed E-state index contributed by atoms with van der Waals surface area (Å²) < 4.78 is 5.91. The number of ether oxygens (including phenoxy) is 1. The summed E-state index contributed by atoms with van der Waals surface area (Å²) in [4.78, 5) is 10.5. The third-order valence-corrected chi connectivity index (χ3v) is 2.11. The lowest BCUT2D eigenvalue weighted by molar-refractivity contribution is 0.112. The van der Waals surface area contributed by atoms with Crippen molar-refractivity contribution in [3.8, 4) is 5.75 Å². The largest absolute Gasteiger partial charge is 0.495 e. The highest BCUT2D eigenvalue weighted by Gasteiger charge is 2.05. The smallest absolute Gasteiger partial charge is 0.152 e. The van der Waals surface area contributed by atoms with Gasteiger partial charge in [0.05, 0.1) is 12.8 Å². The first kappa shape index (κ1) is 9.31. The number of nitrogen functional groups attached to an aromatic ring is 1. The Morgan fingerprint density at radius 2 is 2.25 bits per heavy atom. The Labute approximate surface area is 84.0 Å². The van der Waals surface area contributed by atoms with Crippen molar-refractivity contribution in [2.45, 2.75) is 0 Å². The highest BCUT2D eigenvalue weighted by atomic mass is 127. The van der Waals surface area contributed by atoms with Crippen molar-refractivity contribution in [3.05, 3.63) is 21.3 Å². The zero-order valence-electron chi connectivity index (χ0n) is 6.50. The van der Waals surface area contributed by atoms with Crippen LogP contribution in [0.4, 0.5) is 5.69 Å². The Bertz CT molecular complexity index is 312. The number of anilines is 1. The van der Waals surface area contributed by atoms with Crippen LogP contribution in [0, 0.1) is 3.57 Å². The second-order valence-electron chi connectivity index (χ2n) is 2.23. The summed E-state index contributed by atoms with van der Waals surface area (Å²) in [5, 5.41) is 0. The van der Waals surface area contributed by atoms with Crippen LogP contribution in [0.5, 0.6) is 5.75 Å². The van der Waals surface area contributed by atoms with Crippen LogP contribution in [0.2, 0.25) is 0 Å². The summed E-state index contributed by atoms with van der Waals surface area (Å²) in [6.07, 6.45) is 0.722. The molecule has 0 aromatic heterocycles. The fourth-order valence-electron chi connectivity index (χ4n) is 0.880. The summed E-state index contributed by atoms with van der Waals surface area (Å²) in [6.45, 7) is 0. The molecule has 1 aromatic carbocycles. The monoisotopic (exact) mass is 277 g/mol. The first-order valence-electron chi connectivity index (χ1n) is 3.27. The van der Waals surface area contributed by atoms with Crippen molar-refractivity contribution < 1.29 is 9.53 Å². The van der Waals surface area contributed by atoms with Crippen LogP contribution in [-0.4, -0.2) is 13.4 Å². The maximum Gasteiger partial charge on any atom is 0.152 e. The first-order chi connectivity index (χ1) is 5.69. The van der Waals surface area contributed by atoms with E-state index in [-0.39, 0.29) is 0 Å². The van der Waals surface area contributed by atoms with Crippen LogP contribution >= 0.6 is 22.6 Å². The summed E-state index contributed by atoms with van der Waals surface area (Å²) in [7, 11) is 1.52. The molecule has 0 fully saturated rings. The van der Waals surface area contributed by atoms with E-state index in [4.69, 9.17) is 10.5 Å². The first-order valence-corrected chi connectivity index (χ1v) is 4.35. The molecule has 0 saturated heterocycles. The van der Waals surface area contributed by atoms with E-state index >= 15 is 0 Å². The molecule has 0 heterocycles. The molecular formula is C8H8INO2. The number of benzene rings is 1. The van der Waals surface area contributed by atoms with Gasteiger partial charge in [0, 0.05) is 9.13 Å². The lowest BCUT2D eigenvalue weighted by Gasteiger charge is -2.06. The molecule has 0 saturated carbocycles. The standard InChI is InChI=1S/C8H8INO2/c1-12-7-3-6(9)2-5(4-11)8(7)10/h2-4H,10H2,1H3. The second kappa shape index (κ2) is 3.75. The van der Waals surface area contributed by atoms with Gasteiger partial charge in [-0.05, 0) is 34.7 Å². The molecule has 0 aliphatic carbocycles. The summed E-state index contributed by atoms with van der Waals surface area (Å²) in [5.41, 5.74) is 6.48. The Morgan fingerprint density at radius 3 is 2.75 bits per heavy atom. The van der Waals surface area contributed by atoms with E-state index in [1.165, 1.54) is 7.11 Å². The maximum absolute atomic E-state index is 10.5. The van der Waals surface area contributed by atoms with E-state index in [2.05, 4.69) is 22.6 Å². The number of carbonyl (C=O) groups excluding carboxylic acids is 1. The number of hydrogen-bond donors (Lipinski definition) is 1. The van der Waals surface area contributed by atoms with Crippen molar-refractivity contribution >= 4 is 34.6 Å². The van der Waals surface area contributed by atoms with Gasteiger partial charge >= 0.3 is 0 Å². The summed E-state index contributed by atoms with van der Waals surface area (Å²) >= 11 is 2.10. The average Bonchev–Trinajstić information content (AvgIpc) is 2.08. The quantitative estimate of drug-likeness (QED) is 0.508. The molecule has 1 aromatic rings. The SMILES string of the molecule is COc1cc(I)cc(C=O)c1N. The maximum atomic E-state index is 10.5. The number of methoxy groups -OCH3 is 1. The van der Waals surface area contributed by atoms with Crippen molar-refractivity contribution in [3.63, 3.8) is 0 Å².